The van der Waals surface area contributed by atoms with Crippen LogP contribution in [-0.2, 0) is 11.3 Å². The molecule has 1 aromatic carbocycles. The number of hydrogen-bond acceptors (Lipinski definition) is 6. The zero-order valence-corrected chi connectivity index (χ0v) is 15.6. The lowest BCUT2D eigenvalue weighted by Crippen LogP contribution is -2.35. The quantitative estimate of drug-likeness (QED) is 0.736. The Morgan fingerprint density at radius 3 is 2.70 bits per heavy atom. The van der Waals surface area contributed by atoms with Crippen molar-refractivity contribution in [2.45, 2.75) is 6.54 Å². The highest BCUT2D eigenvalue weighted by molar-refractivity contribution is 7.16. The Hall–Kier alpha value is -2.61. The lowest BCUT2D eigenvalue weighted by molar-refractivity contribution is 0.0347. The van der Waals surface area contributed by atoms with Crippen LogP contribution in [0.25, 0.3) is 11.3 Å². The van der Waals surface area contributed by atoms with Gasteiger partial charge in [-0.15, -0.1) is 0 Å². The third kappa shape index (κ3) is 4.39. The molecule has 0 bridgehead atoms. The molecule has 0 radical (unpaired) electrons. The van der Waals surface area contributed by atoms with Crippen LogP contribution >= 0.6 is 11.3 Å². The first kappa shape index (κ1) is 17.8. The van der Waals surface area contributed by atoms with Gasteiger partial charge in [-0.05, 0) is 12.1 Å². The SMILES string of the molecule is O=C(Nc1nc(-c2ccccc2)c(CN2CCOCC2)s1)c1cccnc1. The van der Waals surface area contributed by atoms with E-state index in [1.807, 2.05) is 30.3 Å². The highest BCUT2D eigenvalue weighted by atomic mass is 32.1. The number of hydrogen-bond donors (Lipinski definition) is 1. The van der Waals surface area contributed by atoms with Gasteiger partial charge in [0.15, 0.2) is 5.13 Å². The van der Waals surface area contributed by atoms with E-state index < -0.39 is 0 Å². The van der Waals surface area contributed by atoms with Crippen molar-refractivity contribution in [1.29, 1.82) is 0 Å². The number of benzene rings is 1. The van der Waals surface area contributed by atoms with Gasteiger partial charge in [-0.25, -0.2) is 4.98 Å². The van der Waals surface area contributed by atoms with Gasteiger partial charge in [0, 0.05) is 42.5 Å². The molecule has 4 rings (SSSR count). The molecule has 7 heteroatoms. The second-order valence-electron chi connectivity index (χ2n) is 6.24. The summed E-state index contributed by atoms with van der Waals surface area (Å²) in [6.07, 6.45) is 3.20. The lowest BCUT2D eigenvalue weighted by Gasteiger charge is -2.26. The number of nitrogens with one attached hydrogen (secondary N) is 1. The van der Waals surface area contributed by atoms with Crippen molar-refractivity contribution < 1.29 is 9.53 Å². The Labute approximate surface area is 161 Å². The average Bonchev–Trinajstić information content (AvgIpc) is 3.12. The van der Waals surface area contributed by atoms with Crippen LogP contribution in [0.15, 0.2) is 54.9 Å². The minimum absolute atomic E-state index is 0.200. The minimum Gasteiger partial charge on any atom is -0.379 e. The molecule has 1 aliphatic heterocycles. The first-order valence-electron chi connectivity index (χ1n) is 8.86. The highest BCUT2D eigenvalue weighted by Crippen LogP contribution is 2.32. The Morgan fingerprint density at radius 1 is 1.15 bits per heavy atom. The van der Waals surface area contributed by atoms with Crippen molar-refractivity contribution in [2.24, 2.45) is 0 Å². The van der Waals surface area contributed by atoms with Crippen LogP contribution in [0, 0.1) is 0 Å². The third-order valence-electron chi connectivity index (χ3n) is 4.36. The average molecular weight is 380 g/mol. The molecule has 0 aliphatic carbocycles. The number of rotatable bonds is 5. The molecule has 3 aromatic rings. The number of carbonyl (C=O) groups excluding carboxylic acids is 1. The zero-order valence-electron chi connectivity index (χ0n) is 14.8. The number of anilines is 1. The van der Waals surface area contributed by atoms with Crippen LogP contribution in [0.2, 0.25) is 0 Å². The summed E-state index contributed by atoms with van der Waals surface area (Å²) < 4.78 is 5.44. The van der Waals surface area contributed by atoms with Gasteiger partial charge in [-0.3, -0.25) is 20.0 Å². The molecule has 2 aromatic heterocycles. The summed E-state index contributed by atoms with van der Waals surface area (Å²) in [5, 5.41) is 3.51. The van der Waals surface area contributed by atoms with Crippen molar-refractivity contribution in [3.05, 3.63) is 65.3 Å². The molecule has 1 amide bonds. The van der Waals surface area contributed by atoms with Crippen LogP contribution in [-0.4, -0.2) is 47.1 Å². The number of thiazole rings is 1. The van der Waals surface area contributed by atoms with Gasteiger partial charge >= 0.3 is 0 Å². The molecule has 0 spiro atoms. The molecule has 1 saturated heterocycles. The topological polar surface area (TPSA) is 67.4 Å². The molecule has 6 nitrogen and oxygen atoms in total. The lowest BCUT2D eigenvalue weighted by atomic mass is 10.1. The molecule has 138 valence electrons. The first-order chi connectivity index (χ1) is 13.3. The van der Waals surface area contributed by atoms with Gasteiger partial charge in [0.05, 0.1) is 24.5 Å². The summed E-state index contributed by atoms with van der Waals surface area (Å²) >= 11 is 1.53. The standard InChI is InChI=1S/C20H20N4O2S/c25-19(16-7-4-8-21-13-16)23-20-22-18(15-5-2-1-3-6-15)17(27-20)14-24-9-11-26-12-10-24/h1-8,13H,9-12,14H2,(H,22,23,25). The van der Waals surface area contributed by atoms with Crippen molar-refractivity contribution in [3.8, 4) is 11.3 Å². The fourth-order valence-corrected chi connectivity index (χ4v) is 3.98. The van der Waals surface area contributed by atoms with Gasteiger partial charge in [-0.2, -0.15) is 0 Å². The van der Waals surface area contributed by atoms with Gasteiger partial charge in [0.25, 0.3) is 5.91 Å². The molecule has 0 atom stereocenters. The number of aromatic nitrogens is 2. The summed E-state index contributed by atoms with van der Waals surface area (Å²) in [6, 6.07) is 13.6. The maximum absolute atomic E-state index is 12.4. The second kappa shape index (κ2) is 8.39. The summed E-state index contributed by atoms with van der Waals surface area (Å²) in [6.45, 7) is 4.12. The van der Waals surface area contributed by atoms with Crippen molar-refractivity contribution >= 4 is 22.4 Å². The summed E-state index contributed by atoms with van der Waals surface area (Å²) in [5.74, 6) is -0.200. The van der Waals surface area contributed by atoms with Crippen LogP contribution in [0.4, 0.5) is 5.13 Å². The number of ether oxygens (including phenoxy) is 1. The molecule has 1 aliphatic rings. The number of pyridine rings is 1. The van der Waals surface area contributed by atoms with Gasteiger partial charge < -0.3 is 4.74 Å². The fraction of sp³-hybridized carbons (Fsp3) is 0.250. The normalized spacial score (nSPS) is 14.8. The Bertz CT molecular complexity index is 893. The van der Waals surface area contributed by atoms with E-state index in [1.54, 1.807) is 24.5 Å². The van der Waals surface area contributed by atoms with Crippen LogP contribution in [0.3, 0.4) is 0 Å². The number of carbonyl (C=O) groups is 1. The van der Waals surface area contributed by atoms with Crippen LogP contribution < -0.4 is 5.32 Å². The first-order valence-corrected chi connectivity index (χ1v) is 9.68. The van der Waals surface area contributed by atoms with E-state index in [0.717, 1.165) is 49.0 Å². The van der Waals surface area contributed by atoms with E-state index in [9.17, 15) is 4.79 Å². The summed E-state index contributed by atoms with van der Waals surface area (Å²) in [7, 11) is 0. The van der Waals surface area contributed by atoms with E-state index in [4.69, 9.17) is 9.72 Å². The summed E-state index contributed by atoms with van der Waals surface area (Å²) in [5.41, 5.74) is 2.50. The van der Waals surface area contributed by atoms with Crippen molar-refractivity contribution in [2.75, 3.05) is 31.6 Å². The van der Waals surface area contributed by atoms with E-state index in [0.29, 0.717) is 10.7 Å². The van der Waals surface area contributed by atoms with E-state index in [2.05, 4.69) is 15.2 Å². The van der Waals surface area contributed by atoms with E-state index >= 15 is 0 Å². The predicted molar refractivity (Wildman–Crippen MR) is 106 cm³/mol. The van der Waals surface area contributed by atoms with Gasteiger partial charge in [-0.1, -0.05) is 41.7 Å². The fourth-order valence-electron chi connectivity index (χ4n) is 2.96. The predicted octanol–water partition coefficient (Wildman–Crippen LogP) is 3.29. The van der Waals surface area contributed by atoms with Gasteiger partial charge in [0.2, 0.25) is 0 Å². The highest BCUT2D eigenvalue weighted by Gasteiger charge is 2.19. The molecule has 1 N–H and O–H groups in total. The second-order valence-corrected chi connectivity index (χ2v) is 7.32. The van der Waals surface area contributed by atoms with Crippen LogP contribution in [0.5, 0.6) is 0 Å². The maximum atomic E-state index is 12.4. The van der Waals surface area contributed by atoms with E-state index in [-0.39, 0.29) is 5.91 Å². The molecule has 3 heterocycles. The zero-order chi connectivity index (χ0) is 18.5. The minimum atomic E-state index is -0.200. The monoisotopic (exact) mass is 380 g/mol. The number of nitrogens with zero attached hydrogens (tertiary/aromatic N) is 3. The Kier molecular flexibility index (Phi) is 5.53. The van der Waals surface area contributed by atoms with Crippen LogP contribution in [0.1, 0.15) is 15.2 Å². The largest absolute Gasteiger partial charge is 0.379 e. The Balaban J connectivity index is 1.60. The third-order valence-corrected chi connectivity index (χ3v) is 5.32. The smallest absolute Gasteiger partial charge is 0.259 e. The Morgan fingerprint density at radius 2 is 1.96 bits per heavy atom. The summed E-state index contributed by atoms with van der Waals surface area (Å²) in [4.78, 5) is 24.7. The molecule has 0 saturated carbocycles. The molecular formula is C20H20N4O2S. The molecular weight excluding hydrogens is 360 g/mol. The molecule has 0 unspecified atom stereocenters. The van der Waals surface area contributed by atoms with Gasteiger partial charge in [0.1, 0.15) is 0 Å². The number of morpholine rings is 1. The molecule has 27 heavy (non-hydrogen) atoms. The van der Waals surface area contributed by atoms with Crippen molar-refractivity contribution in [3.63, 3.8) is 0 Å². The number of amides is 1. The van der Waals surface area contributed by atoms with E-state index in [1.165, 1.54) is 11.3 Å². The molecule has 1 fully saturated rings. The maximum Gasteiger partial charge on any atom is 0.259 e. The van der Waals surface area contributed by atoms with Crippen molar-refractivity contribution in [1.82, 2.24) is 14.9 Å².